The number of halogens is 3. The summed E-state index contributed by atoms with van der Waals surface area (Å²) in [6, 6.07) is 6.87. The molecule has 1 saturated heterocycles. The van der Waals surface area contributed by atoms with Crippen molar-refractivity contribution in [3.8, 4) is 5.88 Å². The van der Waals surface area contributed by atoms with Crippen molar-refractivity contribution in [1.29, 1.82) is 0 Å². The minimum absolute atomic E-state index is 0.105. The van der Waals surface area contributed by atoms with Gasteiger partial charge in [-0.2, -0.15) is 13.2 Å². The second-order valence-corrected chi connectivity index (χ2v) is 8.23. The molecule has 0 aliphatic carbocycles. The van der Waals surface area contributed by atoms with Gasteiger partial charge in [-0.05, 0) is 49.4 Å². The number of nitrogens with one attached hydrogen (secondary N) is 1. The Morgan fingerprint density at radius 1 is 1.34 bits per heavy atom. The molecule has 5 nitrogen and oxygen atoms in total. The van der Waals surface area contributed by atoms with E-state index in [-0.39, 0.29) is 23.4 Å². The molecule has 1 amide bonds. The summed E-state index contributed by atoms with van der Waals surface area (Å²) in [5.41, 5.74) is 0.279. The Morgan fingerprint density at radius 2 is 2.10 bits per heavy atom. The predicted molar refractivity (Wildman–Crippen MR) is 105 cm³/mol. The molecule has 3 heterocycles. The van der Waals surface area contributed by atoms with E-state index < -0.39 is 12.8 Å². The molecule has 1 atom stereocenters. The van der Waals surface area contributed by atoms with E-state index in [4.69, 9.17) is 0 Å². The molecule has 2 aromatic heterocycles. The van der Waals surface area contributed by atoms with Gasteiger partial charge in [0.2, 0.25) is 5.88 Å². The predicted octanol–water partition coefficient (Wildman–Crippen LogP) is 4.29. The lowest BCUT2D eigenvalue weighted by Gasteiger charge is -2.36. The first-order chi connectivity index (χ1) is 13.8. The van der Waals surface area contributed by atoms with Crippen molar-refractivity contribution in [3.05, 3.63) is 46.3 Å². The first-order valence-corrected chi connectivity index (χ1v) is 10.4. The van der Waals surface area contributed by atoms with Gasteiger partial charge in [-0.3, -0.25) is 9.69 Å². The van der Waals surface area contributed by atoms with Crippen LogP contribution in [0.25, 0.3) is 0 Å². The van der Waals surface area contributed by atoms with Crippen molar-refractivity contribution in [1.82, 2.24) is 15.2 Å². The first-order valence-electron chi connectivity index (χ1n) is 9.53. The van der Waals surface area contributed by atoms with Gasteiger partial charge in [-0.25, -0.2) is 4.98 Å². The number of piperidine rings is 1. The number of likely N-dealkylation sites (tertiary alicyclic amines) is 1. The van der Waals surface area contributed by atoms with Gasteiger partial charge in [0.25, 0.3) is 5.91 Å². The summed E-state index contributed by atoms with van der Waals surface area (Å²) in [6.07, 6.45) is -0.928. The maximum absolute atomic E-state index is 12.5. The van der Waals surface area contributed by atoms with Gasteiger partial charge in [-0.15, -0.1) is 11.3 Å². The molecular formula is C20H24F3N3O2S. The molecule has 29 heavy (non-hydrogen) atoms. The molecule has 0 spiro atoms. The van der Waals surface area contributed by atoms with Gasteiger partial charge in [0, 0.05) is 23.7 Å². The fourth-order valence-electron chi connectivity index (χ4n) is 3.28. The highest BCUT2D eigenvalue weighted by Gasteiger charge is 2.29. The van der Waals surface area contributed by atoms with Crippen LogP contribution in [-0.4, -0.2) is 48.2 Å². The lowest BCUT2D eigenvalue weighted by molar-refractivity contribution is -0.154. The number of thiophene rings is 1. The normalized spacial score (nSPS) is 17.1. The number of alkyl halides is 3. The molecule has 0 bridgehead atoms. The summed E-state index contributed by atoms with van der Waals surface area (Å²) in [6.45, 7) is 3.29. The Balaban J connectivity index is 1.58. The summed E-state index contributed by atoms with van der Waals surface area (Å²) >= 11 is 1.67. The van der Waals surface area contributed by atoms with Gasteiger partial charge < -0.3 is 10.1 Å². The van der Waals surface area contributed by atoms with Crippen LogP contribution in [0.15, 0.2) is 35.8 Å². The van der Waals surface area contributed by atoms with Gasteiger partial charge in [-0.1, -0.05) is 13.0 Å². The topological polar surface area (TPSA) is 54.5 Å². The summed E-state index contributed by atoms with van der Waals surface area (Å²) < 4.78 is 41.2. The quantitative estimate of drug-likeness (QED) is 0.716. The zero-order valence-corrected chi connectivity index (χ0v) is 16.9. The largest absolute Gasteiger partial charge is 0.468 e. The van der Waals surface area contributed by atoms with Gasteiger partial charge in [0.05, 0.1) is 11.6 Å². The highest BCUT2D eigenvalue weighted by molar-refractivity contribution is 7.10. The molecule has 2 aromatic rings. The van der Waals surface area contributed by atoms with Crippen LogP contribution in [0.5, 0.6) is 5.88 Å². The Hall–Kier alpha value is -2.13. The van der Waals surface area contributed by atoms with E-state index >= 15 is 0 Å². The second-order valence-electron chi connectivity index (χ2n) is 7.25. The number of aromatic nitrogens is 1. The van der Waals surface area contributed by atoms with Crippen molar-refractivity contribution < 1.29 is 22.7 Å². The SMILES string of the molecule is CC1CCN(C(CNC(=O)c2ccc(OCC(F)(F)F)nc2)c2cccs2)CC1. The standard InChI is InChI=1S/C20H24F3N3O2S/c1-14-6-8-26(9-7-14)16(17-3-2-10-29-17)12-25-19(27)15-4-5-18(24-11-15)28-13-20(21,22)23/h2-5,10-11,14,16H,6-9,12-13H2,1H3,(H,25,27). The summed E-state index contributed by atoms with van der Waals surface area (Å²) in [5.74, 6) is 0.235. The minimum Gasteiger partial charge on any atom is -0.468 e. The molecule has 1 N–H and O–H groups in total. The van der Waals surface area contributed by atoms with Crippen LogP contribution in [0, 0.1) is 5.92 Å². The number of nitrogens with zero attached hydrogens (tertiary/aromatic N) is 2. The number of pyridine rings is 1. The zero-order chi connectivity index (χ0) is 20.9. The Morgan fingerprint density at radius 3 is 2.69 bits per heavy atom. The Kier molecular flexibility index (Phi) is 7.13. The van der Waals surface area contributed by atoms with Gasteiger partial charge >= 0.3 is 6.18 Å². The number of carbonyl (C=O) groups excluding carboxylic acids is 1. The van der Waals surface area contributed by atoms with Gasteiger partial charge in [0.15, 0.2) is 6.61 Å². The molecule has 1 aliphatic heterocycles. The Labute approximate surface area is 171 Å². The third-order valence-corrected chi connectivity index (χ3v) is 5.94. The van der Waals surface area contributed by atoms with Crippen LogP contribution in [0.4, 0.5) is 13.2 Å². The number of carbonyl (C=O) groups is 1. The number of rotatable bonds is 7. The van der Waals surface area contributed by atoms with Crippen molar-refractivity contribution in [2.24, 2.45) is 5.92 Å². The number of ether oxygens (including phenoxy) is 1. The fraction of sp³-hybridized carbons (Fsp3) is 0.500. The van der Waals surface area contributed by atoms with E-state index in [9.17, 15) is 18.0 Å². The average molecular weight is 427 g/mol. The van der Waals surface area contributed by atoms with Crippen LogP contribution >= 0.6 is 11.3 Å². The highest BCUT2D eigenvalue weighted by atomic mass is 32.1. The molecule has 1 unspecified atom stereocenters. The molecular weight excluding hydrogens is 403 g/mol. The number of amides is 1. The van der Waals surface area contributed by atoms with Gasteiger partial charge in [0.1, 0.15) is 0 Å². The lowest BCUT2D eigenvalue weighted by atomic mass is 9.97. The average Bonchev–Trinajstić information content (AvgIpc) is 3.22. The molecule has 158 valence electrons. The van der Waals surface area contributed by atoms with E-state index in [1.807, 2.05) is 11.4 Å². The number of hydrogen-bond donors (Lipinski definition) is 1. The number of hydrogen-bond acceptors (Lipinski definition) is 5. The van der Waals surface area contributed by atoms with Crippen LogP contribution in [0.2, 0.25) is 0 Å². The monoisotopic (exact) mass is 427 g/mol. The van der Waals surface area contributed by atoms with E-state index in [1.54, 1.807) is 11.3 Å². The maximum atomic E-state index is 12.5. The van der Waals surface area contributed by atoms with Crippen molar-refractivity contribution in [3.63, 3.8) is 0 Å². The van der Waals surface area contributed by atoms with Crippen LogP contribution in [-0.2, 0) is 0 Å². The third kappa shape index (κ3) is 6.43. The molecule has 9 heteroatoms. The second kappa shape index (κ2) is 9.58. The van der Waals surface area contributed by atoms with Crippen molar-refractivity contribution >= 4 is 17.2 Å². The lowest BCUT2D eigenvalue weighted by Crippen LogP contribution is -2.41. The molecule has 0 saturated carbocycles. The molecule has 3 rings (SSSR count). The van der Waals surface area contributed by atoms with E-state index in [0.29, 0.717) is 12.5 Å². The van der Waals surface area contributed by atoms with Crippen LogP contribution < -0.4 is 10.1 Å². The summed E-state index contributed by atoms with van der Waals surface area (Å²) in [4.78, 5) is 19.9. The highest BCUT2D eigenvalue weighted by Crippen LogP contribution is 2.29. The van der Waals surface area contributed by atoms with E-state index in [2.05, 4.69) is 32.9 Å². The minimum atomic E-state index is -4.43. The molecule has 1 fully saturated rings. The summed E-state index contributed by atoms with van der Waals surface area (Å²) in [7, 11) is 0. The molecule has 0 aromatic carbocycles. The molecule has 0 radical (unpaired) electrons. The maximum Gasteiger partial charge on any atom is 0.422 e. The molecule has 1 aliphatic rings. The smallest absolute Gasteiger partial charge is 0.422 e. The Bertz CT molecular complexity index is 773. The van der Waals surface area contributed by atoms with Crippen LogP contribution in [0.1, 0.15) is 41.0 Å². The first kappa shape index (κ1) is 21.6. The zero-order valence-electron chi connectivity index (χ0n) is 16.1. The van der Waals surface area contributed by atoms with Crippen molar-refractivity contribution in [2.45, 2.75) is 32.0 Å². The van der Waals surface area contributed by atoms with E-state index in [0.717, 1.165) is 25.9 Å². The third-order valence-electron chi connectivity index (χ3n) is 4.97. The van der Waals surface area contributed by atoms with E-state index in [1.165, 1.54) is 23.2 Å². The summed E-state index contributed by atoms with van der Waals surface area (Å²) in [5, 5.41) is 4.96. The van der Waals surface area contributed by atoms with Crippen LogP contribution in [0.3, 0.4) is 0 Å². The fourth-order valence-corrected chi connectivity index (χ4v) is 4.14. The van der Waals surface area contributed by atoms with Crippen molar-refractivity contribution in [2.75, 3.05) is 26.2 Å².